The fourth-order valence-electron chi connectivity index (χ4n) is 4.11. The summed E-state index contributed by atoms with van der Waals surface area (Å²) in [6.07, 6.45) is 3.46. The van der Waals surface area contributed by atoms with Gasteiger partial charge < -0.3 is 30.7 Å². The van der Waals surface area contributed by atoms with Crippen LogP contribution in [0.5, 0.6) is 5.75 Å². The molecule has 3 rings (SSSR count). The first-order valence-electron chi connectivity index (χ1n) is 10.5. The lowest BCUT2D eigenvalue weighted by Gasteiger charge is -2.36. The second-order valence-corrected chi connectivity index (χ2v) is 8.41. The molecule has 2 amide bonds. The number of piperidine rings is 1. The molecule has 166 valence electrons. The largest absolute Gasteiger partial charge is 0.496 e. The number of methoxy groups -OCH3 is 1. The molecule has 2 atom stereocenters. The minimum Gasteiger partial charge on any atom is -0.496 e. The standard InChI is InChI=1S/C21H31ClN4O4/c1-30-19-12-16(23)15(22)11-14(19)21(29)24-17-6-10-25(13-18(17)27)7-4-5-20(28)26-8-2-3-9-26/h11-12,17-18,27H,2-10,13,23H2,1H3,(H,24,29)/t17-,18+/m0/s1. The molecule has 0 aliphatic carbocycles. The van der Waals surface area contributed by atoms with Gasteiger partial charge in [-0.3, -0.25) is 9.59 Å². The SMILES string of the molecule is COc1cc(N)c(Cl)cc1C(=O)N[C@H]1CCN(CCCC(=O)N2CCCC2)C[C@H]1O. The van der Waals surface area contributed by atoms with E-state index in [2.05, 4.69) is 10.2 Å². The lowest BCUT2D eigenvalue weighted by molar-refractivity contribution is -0.130. The number of aliphatic hydroxyl groups excluding tert-OH is 1. The van der Waals surface area contributed by atoms with Crippen LogP contribution in [0.3, 0.4) is 0 Å². The van der Waals surface area contributed by atoms with Crippen molar-refractivity contribution in [3.63, 3.8) is 0 Å². The fraction of sp³-hybridized carbons (Fsp3) is 0.619. The summed E-state index contributed by atoms with van der Waals surface area (Å²) in [5.74, 6) is 0.206. The Labute approximate surface area is 182 Å². The van der Waals surface area contributed by atoms with Crippen molar-refractivity contribution in [1.82, 2.24) is 15.1 Å². The Balaban J connectivity index is 1.47. The number of carbonyl (C=O) groups excluding carboxylic acids is 2. The molecule has 2 aliphatic heterocycles. The molecule has 1 aromatic rings. The van der Waals surface area contributed by atoms with E-state index < -0.39 is 6.10 Å². The number of rotatable bonds is 7. The number of amides is 2. The van der Waals surface area contributed by atoms with Crippen molar-refractivity contribution in [1.29, 1.82) is 0 Å². The van der Waals surface area contributed by atoms with Gasteiger partial charge in [0.05, 0.1) is 35.5 Å². The zero-order chi connectivity index (χ0) is 21.7. The van der Waals surface area contributed by atoms with Gasteiger partial charge >= 0.3 is 0 Å². The highest BCUT2D eigenvalue weighted by atomic mass is 35.5. The predicted octanol–water partition coefficient (Wildman–Crippen LogP) is 1.50. The van der Waals surface area contributed by atoms with Gasteiger partial charge in [-0.2, -0.15) is 0 Å². The highest BCUT2D eigenvalue weighted by Crippen LogP contribution is 2.29. The molecular weight excluding hydrogens is 408 g/mol. The van der Waals surface area contributed by atoms with Crippen molar-refractivity contribution in [2.24, 2.45) is 0 Å². The average molecular weight is 439 g/mol. The molecular formula is C21H31ClN4O4. The number of nitrogens with two attached hydrogens (primary N) is 1. The maximum Gasteiger partial charge on any atom is 0.255 e. The Morgan fingerprint density at radius 2 is 2.03 bits per heavy atom. The Bertz CT molecular complexity index is 770. The van der Waals surface area contributed by atoms with Crippen LogP contribution >= 0.6 is 11.6 Å². The predicted molar refractivity (Wildman–Crippen MR) is 116 cm³/mol. The first-order valence-corrected chi connectivity index (χ1v) is 10.9. The Hall–Kier alpha value is -2.03. The van der Waals surface area contributed by atoms with Gasteiger partial charge in [-0.1, -0.05) is 11.6 Å². The van der Waals surface area contributed by atoms with Gasteiger partial charge in [-0.15, -0.1) is 0 Å². The molecule has 1 aromatic carbocycles. The van der Waals surface area contributed by atoms with E-state index >= 15 is 0 Å². The highest BCUT2D eigenvalue weighted by molar-refractivity contribution is 6.33. The lowest BCUT2D eigenvalue weighted by atomic mass is 10.0. The van der Waals surface area contributed by atoms with Gasteiger partial charge in [0.2, 0.25) is 5.91 Å². The van der Waals surface area contributed by atoms with Gasteiger partial charge in [0.25, 0.3) is 5.91 Å². The first kappa shape index (κ1) is 22.7. The van der Waals surface area contributed by atoms with E-state index in [4.69, 9.17) is 22.1 Å². The van der Waals surface area contributed by atoms with Crippen LogP contribution < -0.4 is 15.8 Å². The summed E-state index contributed by atoms with van der Waals surface area (Å²) in [5, 5.41) is 13.7. The molecule has 8 nitrogen and oxygen atoms in total. The van der Waals surface area contributed by atoms with Gasteiger partial charge in [0, 0.05) is 38.7 Å². The number of ether oxygens (including phenoxy) is 1. The molecule has 2 aliphatic rings. The lowest BCUT2D eigenvalue weighted by Crippen LogP contribution is -2.54. The molecule has 2 heterocycles. The Kier molecular flexibility index (Phi) is 7.80. The summed E-state index contributed by atoms with van der Waals surface area (Å²) < 4.78 is 5.23. The third-order valence-electron chi connectivity index (χ3n) is 5.87. The van der Waals surface area contributed by atoms with Crippen LogP contribution in [0, 0.1) is 0 Å². The van der Waals surface area contributed by atoms with E-state index in [1.807, 2.05) is 4.90 Å². The molecule has 0 bridgehead atoms. The molecule has 0 aromatic heterocycles. The van der Waals surface area contributed by atoms with Crippen LogP contribution in [0.1, 0.15) is 42.5 Å². The molecule has 2 fully saturated rings. The van der Waals surface area contributed by atoms with Gasteiger partial charge in [0.15, 0.2) is 0 Å². The molecule has 30 heavy (non-hydrogen) atoms. The monoisotopic (exact) mass is 438 g/mol. The van der Waals surface area contributed by atoms with Crippen LogP contribution in [0.25, 0.3) is 0 Å². The molecule has 4 N–H and O–H groups in total. The van der Waals surface area contributed by atoms with E-state index in [1.54, 1.807) is 0 Å². The van der Waals surface area contributed by atoms with Crippen molar-refractivity contribution in [3.8, 4) is 5.75 Å². The normalized spacial score (nSPS) is 22.2. The van der Waals surface area contributed by atoms with E-state index in [-0.39, 0.29) is 28.4 Å². The molecule has 0 radical (unpaired) electrons. The minimum atomic E-state index is -0.688. The van der Waals surface area contributed by atoms with Crippen molar-refractivity contribution in [2.45, 2.75) is 44.2 Å². The Morgan fingerprint density at radius 3 is 2.70 bits per heavy atom. The number of benzene rings is 1. The fourth-order valence-corrected chi connectivity index (χ4v) is 4.27. The van der Waals surface area contributed by atoms with Crippen molar-refractivity contribution < 1.29 is 19.4 Å². The smallest absolute Gasteiger partial charge is 0.255 e. The number of β-amino-alcohol motifs (C(OH)–C–C–N with tert-alkyl or cyclic N) is 1. The molecule has 0 unspecified atom stereocenters. The van der Waals surface area contributed by atoms with Crippen LogP contribution in [-0.2, 0) is 4.79 Å². The second-order valence-electron chi connectivity index (χ2n) is 8.00. The second kappa shape index (κ2) is 10.3. The van der Waals surface area contributed by atoms with E-state index in [0.717, 1.165) is 45.4 Å². The number of anilines is 1. The number of halogens is 1. The molecule has 9 heteroatoms. The summed E-state index contributed by atoms with van der Waals surface area (Å²) >= 11 is 6.05. The summed E-state index contributed by atoms with van der Waals surface area (Å²) in [6.45, 7) is 3.74. The summed E-state index contributed by atoms with van der Waals surface area (Å²) in [6, 6.07) is 2.63. The number of nitrogens with zero attached hydrogens (tertiary/aromatic N) is 2. The van der Waals surface area contributed by atoms with E-state index in [1.165, 1.54) is 19.2 Å². The number of aliphatic hydroxyl groups is 1. The molecule has 2 saturated heterocycles. The third kappa shape index (κ3) is 5.56. The maximum atomic E-state index is 12.7. The summed E-state index contributed by atoms with van der Waals surface area (Å²) in [7, 11) is 1.46. The number of nitrogen functional groups attached to an aromatic ring is 1. The zero-order valence-corrected chi connectivity index (χ0v) is 18.2. The first-order chi connectivity index (χ1) is 14.4. The number of likely N-dealkylation sites (tertiary alicyclic amines) is 2. The van der Waals surface area contributed by atoms with Crippen molar-refractivity contribution >= 4 is 29.1 Å². The minimum absolute atomic E-state index is 0.228. The van der Waals surface area contributed by atoms with Crippen LogP contribution in [0.15, 0.2) is 12.1 Å². The zero-order valence-electron chi connectivity index (χ0n) is 17.4. The van der Waals surface area contributed by atoms with Crippen molar-refractivity contribution in [3.05, 3.63) is 22.7 Å². The molecule has 0 saturated carbocycles. The van der Waals surface area contributed by atoms with Crippen LogP contribution in [0.2, 0.25) is 5.02 Å². The Morgan fingerprint density at radius 1 is 1.30 bits per heavy atom. The third-order valence-corrected chi connectivity index (χ3v) is 6.20. The summed E-state index contributed by atoms with van der Waals surface area (Å²) in [5.41, 5.74) is 6.39. The van der Waals surface area contributed by atoms with E-state index in [0.29, 0.717) is 30.8 Å². The topological polar surface area (TPSA) is 108 Å². The van der Waals surface area contributed by atoms with Gasteiger partial charge in [0.1, 0.15) is 5.75 Å². The average Bonchev–Trinajstić information content (AvgIpc) is 3.26. The van der Waals surface area contributed by atoms with Crippen LogP contribution in [0.4, 0.5) is 5.69 Å². The quantitative estimate of drug-likeness (QED) is 0.557. The van der Waals surface area contributed by atoms with Crippen molar-refractivity contribution in [2.75, 3.05) is 45.6 Å². The molecule has 0 spiro atoms. The van der Waals surface area contributed by atoms with Gasteiger partial charge in [-0.25, -0.2) is 0 Å². The van der Waals surface area contributed by atoms with E-state index in [9.17, 15) is 14.7 Å². The van der Waals surface area contributed by atoms with Crippen LogP contribution in [-0.4, -0.2) is 78.7 Å². The number of nitrogens with one attached hydrogen (secondary N) is 1. The van der Waals surface area contributed by atoms with Gasteiger partial charge in [-0.05, 0) is 38.3 Å². The number of hydrogen-bond donors (Lipinski definition) is 3. The highest BCUT2D eigenvalue weighted by Gasteiger charge is 2.30. The number of carbonyl (C=O) groups is 2. The maximum absolute atomic E-state index is 12.7. The summed E-state index contributed by atoms with van der Waals surface area (Å²) in [4.78, 5) is 28.9. The number of hydrogen-bond acceptors (Lipinski definition) is 6.